The van der Waals surface area contributed by atoms with Crippen LogP contribution >= 0.6 is 22.1 Å². The van der Waals surface area contributed by atoms with Crippen molar-refractivity contribution in [1.82, 2.24) is 19.6 Å². The monoisotopic (exact) mass is 789 g/mol. The molecule has 3 atom stereocenters. The van der Waals surface area contributed by atoms with Gasteiger partial charge in [0.05, 0.1) is 18.9 Å². The maximum absolute atomic E-state index is 12.5. The molecule has 2 aliphatic rings. The van der Waals surface area contributed by atoms with Gasteiger partial charge in [0.2, 0.25) is 22.1 Å². The van der Waals surface area contributed by atoms with Crippen molar-refractivity contribution in [1.29, 1.82) is 0 Å². The van der Waals surface area contributed by atoms with Crippen LogP contribution in [0.1, 0.15) is 16.7 Å². The van der Waals surface area contributed by atoms with Crippen LogP contribution < -0.4 is 4.90 Å². The Morgan fingerprint density at radius 1 is 0.604 bits per heavy atom. The van der Waals surface area contributed by atoms with Crippen LogP contribution in [0, 0.1) is 0 Å². The van der Waals surface area contributed by atoms with Crippen LogP contribution in [0.3, 0.4) is 0 Å². The molecule has 3 N–H and O–H groups in total. The van der Waals surface area contributed by atoms with E-state index in [1.165, 1.54) is 20.0 Å². The Balaban J connectivity index is 1.62. The SMILES string of the molecule is CN(C)c1ccc(C(=C2C=CC(=[N+](C)C)C=C2)c2ccc(CN3CCN(CP(C)(=O)O)CCN(CP(C)(=O)O)CCN(CP(C)(=O)O)CC3)cc2)cc1. The summed E-state index contributed by atoms with van der Waals surface area (Å²) in [6, 6.07) is 17.2. The van der Waals surface area contributed by atoms with E-state index in [-0.39, 0.29) is 18.9 Å². The lowest BCUT2D eigenvalue weighted by molar-refractivity contribution is -0.462. The quantitative estimate of drug-likeness (QED) is 0.217. The number of hydrogen-bond acceptors (Lipinski definition) is 8. The average molecular weight is 790 g/mol. The third-order valence-corrected chi connectivity index (χ3v) is 12.1. The van der Waals surface area contributed by atoms with Gasteiger partial charge in [-0.15, -0.1) is 0 Å². The Bertz CT molecular complexity index is 1750. The van der Waals surface area contributed by atoms with E-state index in [1.807, 2.05) is 42.9 Å². The molecule has 2 aromatic rings. The molecule has 0 aromatic heterocycles. The number of anilines is 1. The van der Waals surface area contributed by atoms with Gasteiger partial charge in [-0.25, -0.2) is 4.58 Å². The van der Waals surface area contributed by atoms with Gasteiger partial charge in [0.25, 0.3) is 0 Å². The summed E-state index contributed by atoms with van der Waals surface area (Å²) in [7, 11) is -1.96. The van der Waals surface area contributed by atoms with Gasteiger partial charge in [-0.05, 0) is 52.1 Å². The summed E-state index contributed by atoms with van der Waals surface area (Å²) in [5.41, 5.74) is 7.86. The fraction of sp³-hybridized carbons (Fsp3) is 0.500. The fourth-order valence-corrected chi connectivity index (χ4v) is 9.74. The highest BCUT2D eigenvalue weighted by Gasteiger charge is 2.25. The van der Waals surface area contributed by atoms with Gasteiger partial charge in [-0.2, -0.15) is 0 Å². The lowest BCUT2D eigenvalue weighted by atomic mass is 9.90. The molecule has 0 radical (unpaired) electrons. The molecular weight excluding hydrogens is 729 g/mol. The molecule has 1 fully saturated rings. The minimum atomic E-state index is -3.37. The van der Waals surface area contributed by atoms with Gasteiger partial charge in [-0.3, -0.25) is 33.3 Å². The zero-order valence-electron chi connectivity index (χ0n) is 32.5. The van der Waals surface area contributed by atoms with Crippen molar-refractivity contribution < 1.29 is 33.0 Å². The van der Waals surface area contributed by atoms with Crippen molar-refractivity contribution in [3.63, 3.8) is 0 Å². The molecule has 2 aromatic carbocycles. The van der Waals surface area contributed by atoms with Crippen LogP contribution in [0.25, 0.3) is 5.57 Å². The van der Waals surface area contributed by atoms with E-state index in [9.17, 15) is 28.4 Å². The zero-order chi connectivity index (χ0) is 39.0. The molecule has 292 valence electrons. The van der Waals surface area contributed by atoms with Gasteiger partial charge < -0.3 is 19.6 Å². The van der Waals surface area contributed by atoms with Crippen molar-refractivity contribution in [3.05, 3.63) is 95.1 Å². The molecule has 1 aliphatic carbocycles. The van der Waals surface area contributed by atoms with E-state index in [1.54, 1.807) is 0 Å². The molecule has 3 unspecified atom stereocenters. The Morgan fingerprint density at radius 2 is 0.962 bits per heavy atom. The summed E-state index contributed by atoms with van der Waals surface area (Å²) in [5.74, 6) is 0. The molecule has 0 amide bonds. The molecule has 12 nitrogen and oxygen atoms in total. The molecule has 0 saturated carbocycles. The highest BCUT2D eigenvalue weighted by atomic mass is 31.2. The van der Waals surface area contributed by atoms with Crippen LogP contribution in [-0.2, 0) is 20.2 Å². The van der Waals surface area contributed by atoms with Crippen molar-refractivity contribution >= 4 is 39.1 Å². The first-order valence-electron chi connectivity index (χ1n) is 18.0. The van der Waals surface area contributed by atoms with Gasteiger partial charge in [0.1, 0.15) is 14.1 Å². The van der Waals surface area contributed by atoms with E-state index in [2.05, 4.69) is 87.2 Å². The molecule has 53 heavy (non-hydrogen) atoms. The fourth-order valence-electron chi connectivity index (χ4n) is 6.66. The van der Waals surface area contributed by atoms with E-state index in [0.29, 0.717) is 58.9 Å². The Kier molecular flexibility index (Phi) is 15.4. The largest absolute Gasteiger partial charge is 0.378 e. The topological polar surface area (TPSA) is 131 Å². The second kappa shape index (κ2) is 18.9. The second-order valence-corrected chi connectivity index (χ2v) is 22.3. The molecule has 4 rings (SSSR count). The van der Waals surface area contributed by atoms with E-state index < -0.39 is 22.1 Å². The Labute approximate surface area is 316 Å². The highest BCUT2D eigenvalue weighted by molar-refractivity contribution is 7.57. The molecule has 15 heteroatoms. The molecule has 1 aliphatic heterocycles. The summed E-state index contributed by atoms with van der Waals surface area (Å²) in [5, 5.41) is 0. The summed E-state index contributed by atoms with van der Waals surface area (Å²) < 4.78 is 39.5. The first kappa shape index (κ1) is 43.3. The summed E-state index contributed by atoms with van der Waals surface area (Å²) >= 11 is 0. The van der Waals surface area contributed by atoms with E-state index >= 15 is 0 Å². The lowest BCUT2D eigenvalue weighted by Gasteiger charge is -2.35. The summed E-state index contributed by atoms with van der Waals surface area (Å²) in [6.45, 7) is 8.75. The highest BCUT2D eigenvalue weighted by Crippen LogP contribution is 2.38. The number of benzene rings is 2. The Morgan fingerprint density at radius 3 is 1.30 bits per heavy atom. The maximum atomic E-state index is 12.5. The first-order chi connectivity index (χ1) is 24.7. The number of rotatable bonds is 11. The van der Waals surface area contributed by atoms with Crippen molar-refractivity contribution in [3.8, 4) is 0 Å². The predicted octanol–water partition coefficient (Wildman–Crippen LogP) is 4.69. The van der Waals surface area contributed by atoms with Crippen molar-refractivity contribution in [2.24, 2.45) is 0 Å². The third kappa shape index (κ3) is 14.9. The molecule has 0 bridgehead atoms. The zero-order valence-corrected chi connectivity index (χ0v) is 35.2. The van der Waals surface area contributed by atoms with E-state index in [4.69, 9.17) is 0 Å². The lowest BCUT2D eigenvalue weighted by Crippen LogP contribution is -2.46. The van der Waals surface area contributed by atoms with Crippen molar-refractivity contribution in [2.45, 2.75) is 6.54 Å². The minimum absolute atomic E-state index is 0.00937. The average Bonchev–Trinajstić information content (AvgIpc) is 3.05. The second-order valence-electron chi connectivity index (χ2n) is 15.2. The number of nitrogens with zero attached hydrogens (tertiary/aromatic N) is 6. The van der Waals surface area contributed by atoms with Gasteiger partial charge in [-0.1, -0.05) is 36.4 Å². The normalized spacial score (nSPS) is 20.9. The number of hydrogen-bond donors (Lipinski definition) is 3. The first-order valence-corrected chi connectivity index (χ1v) is 24.9. The smallest absolute Gasteiger partial charge is 0.211 e. The minimum Gasteiger partial charge on any atom is -0.378 e. The van der Waals surface area contributed by atoms with Crippen LogP contribution in [-0.4, -0.2) is 164 Å². The molecule has 1 saturated heterocycles. The molecular formula is C38H60N6O6P3+. The van der Waals surface area contributed by atoms with Gasteiger partial charge >= 0.3 is 0 Å². The van der Waals surface area contributed by atoms with E-state index in [0.717, 1.165) is 39.2 Å². The number of allylic oxidation sites excluding steroid dienone is 5. The Hall–Kier alpha value is -2.46. The summed E-state index contributed by atoms with van der Waals surface area (Å²) in [6.07, 6.45) is 8.66. The predicted molar refractivity (Wildman–Crippen MR) is 220 cm³/mol. The van der Waals surface area contributed by atoms with Gasteiger partial charge in [0, 0.05) is 111 Å². The standard InChI is InChI=1S/C38H59N6O6P3/c1-39(2)36-16-12-34(13-17-36)38(35-14-18-37(19-15-35)40(3)4)33-10-8-32(9-11-33)28-41-20-22-42(29-51(5,45)46)24-26-44(31-53(7,49)50)27-25-43(23-21-41)30-52(6,47)48/h8-19H,20-31H2,1-7H3,(H2-,45,46,47,48,49,50)/p+1. The van der Waals surface area contributed by atoms with Crippen molar-refractivity contribution in [2.75, 3.05) is 124 Å². The van der Waals surface area contributed by atoms with Gasteiger partial charge in [0.15, 0.2) is 5.71 Å². The van der Waals surface area contributed by atoms with Crippen LogP contribution in [0.4, 0.5) is 5.69 Å². The maximum Gasteiger partial charge on any atom is 0.211 e. The molecule has 0 spiro atoms. The third-order valence-electron chi connectivity index (χ3n) is 9.31. The van der Waals surface area contributed by atoms with Crippen LogP contribution in [0.15, 0.2) is 78.4 Å². The summed E-state index contributed by atoms with van der Waals surface area (Å²) in [4.78, 5) is 41.0. The van der Waals surface area contributed by atoms with Crippen LogP contribution in [0.2, 0.25) is 0 Å². The molecule has 1 heterocycles. The van der Waals surface area contributed by atoms with Crippen LogP contribution in [0.5, 0.6) is 0 Å².